The van der Waals surface area contributed by atoms with E-state index in [1.807, 2.05) is 4.90 Å². The van der Waals surface area contributed by atoms with Gasteiger partial charge in [0.25, 0.3) is 11.8 Å². The number of alkyl halides is 3. The standard InChI is InChI=1S/C16H15F3N4O3S2/c17-16(18,19)28-12-4-2-1-3-10(12)13(24)21-22-14(25)11-9-27-15(20-11)23-5-7-26-8-6-23/h1-4,9H,5-8H2,(H,21,24)(H,22,25). The van der Waals surface area contributed by atoms with E-state index in [0.29, 0.717) is 31.4 Å². The minimum atomic E-state index is -4.53. The molecule has 1 aromatic heterocycles. The van der Waals surface area contributed by atoms with Gasteiger partial charge in [0.15, 0.2) is 5.13 Å². The van der Waals surface area contributed by atoms with Crippen molar-refractivity contribution >= 4 is 40.0 Å². The molecule has 1 fully saturated rings. The zero-order valence-electron chi connectivity index (χ0n) is 14.3. The Kier molecular flexibility index (Phi) is 6.42. The number of morpholine rings is 1. The maximum absolute atomic E-state index is 12.6. The number of thiazole rings is 1. The number of ether oxygens (including phenoxy) is 1. The van der Waals surface area contributed by atoms with Crippen molar-refractivity contribution in [3.05, 3.63) is 40.9 Å². The van der Waals surface area contributed by atoms with E-state index in [9.17, 15) is 22.8 Å². The van der Waals surface area contributed by atoms with Crippen LogP contribution in [-0.4, -0.2) is 48.6 Å². The van der Waals surface area contributed by atoms with Crippen LogP contribution in [0.25, 0.3) is 0 Å². The fourth-order valence-electron chi connectivity index (χ4n) is 2.38. The van der Waals surface area contributed by atoms with Gasteiger partial charge in [0.2, 0.25) is 0 Å². The maximum Gasteiger partial charge on any atom is 0.446 e. The van der Waals surface area contributed by atoms with Gasteiger partial charge in [-0.2, -0.15) is 13.2 Å². The van der Waals surface area contributed by atoms with E-state index in [1.165, 1.54) is 35.6 Å². The predicted octanol–water partition coefficient (Wildman–Crippen LogP) is 2.67. The molecule has 1 aromatic carbocycles. The Hall–Kier alpha value is -2.31. The molecule has 1 aliphatic heterocycles. The summed E-state index contributed by atoms with van der Waals surface area (Å²) >= 11 is 0.887. The molecular formula is C16H15F3N4O3S2. The predicted molar refractivity (Wildman–Crippen MR) is 98.4 cm³/mol. The minimum absolute atomic E-state index is 0.102. The molecule has 0 aliphatic carbocycles. The van der Waals surface area contributed by atoms with Crippen molar-refractivity contribution in [3.8, 4) is 0 Å². The molecule has 0 spiro atoms. The van der Waals surface area contributed by atoms with Crippen molar-refractivity contribution in [1.82, 2.24) is 15.8 Å². The van der Waals surface area contributed by atoms with Gasteiger partial charge in [-0.1, -0.05) is 12.1 Å². The quantitative estimate of drug-likeness (QED) is 0.571. The van der Waals surface area contributed by atoms with E-state index < -0.39 is 29.1 Å². The molecule has 0 unspecified atom stereocenters. The van der Waals surface area contributed by atoms with E-state index in [0.717, 1.165) is 0 Å². The second kappa shape index (κ2) is 8.80. The number of nitrogens with one attached hydrogen (secondary N) is 2. The summed E-state index contributed by atoms with van der Waals surface area (Å²) in [5, 5.41) is 2.20. The highest BCUT2D eigenvalue weighted by molar-refractivity contribution is 8.00. The van der Waals surface area contributed by atoms with E-state index >= 15 is 0 Å². The maximum atomic E-state index is 12.6. The van der Waals surface area contributed by atoms with Crippen molar-refractivity contribution < 1.29 is 27.5 Å². The van der Waals surface area contributed by atoms with Gasteiger partial charge < -0.3 is 9.64 Å². The molecule has 2 heterocycles. The van der Waals surface area contributed by atoms with Crippen molar-refractivity contribution in [3.63, 3.8) is 0 Å². The van der Waals surface area contributed by atoms with Crippen LogP contribution in [0.2, 0.25) is 0 Å². The van der Waals surface area contributed by atoms with Crippen LogP contribution in [0.4, 0.5) is 18.3 Å². The zero-order valence-corrected chi connectivity index (χ0v) is 15.9. The minimum Gasteiger partial charge on any atom is -0.378 e. The summed E-state index contributed by atoms with van der Waals surface area (Å²) in [4.78, 5) is 30.3. The lowest BCUT2D eigenvalue weighted by Gasteiger charge is -2.25. The Morgan fingerprint density at radius 1 is 1.14 bits per heavy atom. The fourth-order valence-corrected chi connectivity index (χ4v) is 3.91. The van der Waals surface area contributed by atoms with Crippen LogP contribution < -0.4 is 15.8 Å². The Morgan fingerprint density at radius 3 is 2.54 bits per heavy atom. The van der Waals surface area contributed by atoms with Gasteiger partial charge in [0.1, 0.15) is 5.69 Å². The number of hydrogen-bond acceptors (Lipinski definition) is 7. The molecule has 0 radical (unpaired) electrons. The van der Waals surface area contributed by atoms with Crippen molar-refractivity contribution in [2.24, 2.45) is 0 Å². The number of anilines is 1. The second-order valence-corrected chi connectivity index (χ2v) is 7.51. The van der Waals surface area contributed by atoms with Gasteiger partial charge in [-0.05, 0) is 23.9 Å². The number of carbonyl (C=O) groups excluding carboxylic acids is 2. The summed E-state index contributed by atoms with van der Waals surface area (Å²) in [7, 11) is 0. The van der Waals surface area contributed by atoms with Gasteiger partial charge in [-0.15, -0.1) is 11.3 Å². The number of halogens is 3. The largest absolute Gasteiger partial charge is 0.446 e. The van der Waals surface area contributed by atoms with E-state index in [-0.39, 0.29) is 16.2 Å². The normalized spacial score (nSPS) is 14.6. The van der Waals surface area contributed by atoms with E-state index in [1.54, 1.807) is 5.38 Å². The Morgan fingerprint density at radius 2 is 1.82 bits per heavy atom. The first-order chi connectivity index (χ1) is 13.3. The SMILES string of the molecule is O=C(NNC(=O)c1ccccc1SC(F)(F)F)c1csc(N2CCOCC2)n1. The molecule has 0 atom stereocenters. The average Bonchev–Trinajstić information content (AvgIpc) is 3.16. The second-order valence-electron chi connectivity index (χ2n) is 5.57. The summed E-state index contributed by atoms with van der Waals surface area (Å²) in [6, 6.07) is 5.26. The highest BCUT2D eigenvalue weighted by Crippen LogP contribution is 2.38. The third-order valence-electron chi connectivity index (χ3n) is 3.65. The lowest BCUT2D eigenvalue weighted by molar-refractivity contribution is -0.0328. The van der Waals surface area contributed by atoms with Crippen molar-refractivity contribution in [2.75, 3.05) is 31.2 Å². The van der Waals surface area contributed by atoms with Gasteiger partial charge in [0.05, 0.1) is 18.8 Å². The summed E-state index contributed by atoms with van der Waals surface area (Å²) in [6.45, 7) is 2.48. The number of thioether (sulfide) groups is 1. The molecule has 0 saturated carbocycles. The van der Waals surface area contributed by atoms with Gasteiger partial charge in [-0.25, -0.2) is 4.98 Å². The molecule has 1 aliphatic rings. The Bertz CT molecular complexity index is 854. The number of aromatic nitrogens is 1. The fraction of sp³-hybridized carbons (Fsp3) is 0.312. The van der Waals surface area contributed by atoms with Crippen LogP contribution >= 0.6 is 23.1 Å². The molecule has 12 heteroatoms. The molecule has 2 N–H and O–H groups in total. The summed E-state index contributed by atoms with van der Waals surface area (Å²) in [6.07, 6.45) is 0. The van der Waals surface area contributed by atoms with Gasteiger partial charge in [-0.3, -0.25) is 20.4 Å². The first kappa shape index (κ1) is 20.4. The van der Waals surface area contributed by atoms with Crippen LogP contribution in [0.3, 0.4) is 0 Å². The number of hydrogen-bond donors (Lipinski definition) is 2. The van der Waals surface area contributed by atoms with Gasteiger partial charge in [0, 0.05) is 23.4 Å². The molecule has 150 valence electrons. The smallest absolute Gasteiger partial charge is 0.378 e. The molecule has 7 nitrogen and oxygen atoms in total. The van der Waals surface area contributed by atoms with Crippen molar-refractivity contribution in [2.45, 2.75) is 10.4 Å². The molecule has 0 bridgehead atoms. The third kappa shape index (κ3) is 5.36. The lowest BCUT2D eigenvalue weighted by atomic mass is 10.2. The van der Waals surface area contributed by atoms with Crippen LogP contribution in [0.5, 0.6) is 0 Å². The molecular weight excluding hydrogens is 417 g/mol. The van der Waals surface area contributed by atoms with Crippen LogP contribution in [0.1, 0.15) is 20.8 Å². The molecule has 1 saturated heterocycles. The van der Waals surface area contributed by atoms with E-state index in [4.69, 9.17) is 4.74 Å². The molecule has 28 heavy (non-hydrogen) atoms. The number of rotatable bonds is 4. The number of amides is 2. The number of benzene rings is 1. The third-order valence-corrected chi connectivity index (χ3v) is 5.36. The van der Waals surface area contributed by atoms with Crippen LogP contribution in [0, 0.1) is 0 Å². The highest BCUT2D eigenvalue weighted by Gasteiger charge is 2.31. The number of nitrogens with zero attached hydrogens (tertiary/aromatic N) is 2. The summed E-state index contributed by atoms with van der Waals surface area (Å²) in [5.74, 6) is -1.52. The Labute approximate surface area is 166 Å². The lowest BCUT2D eigenvalue weighted by Crippen LogP contribution is -2.42. The van der Waals surface area contributed by atoms with Crippen LogP contribution in [-0.2, 0) is 4.74 Å². The first-order valence-corrected chi connectivity index (χ1v) is 9.77. The first-order valence-electron chi connectivity index (χ1n) is 8.07. The Balaban J connectivity index is 1.61. The highest BCUT2D eigenvalue weighted by atomic mass is 32.2. The van der Waals surface area contributed by atoms with Crippen molar-refractivity contribution in [1.29, 1.82) is 0 Å². The number of carbonyl (C=O) groups is 2. The molecule has 2 amide bonds. The van der Waals surface area contributed by atoms with E-state index in [2.05, 4.69) is 15.8 Å². The zero-order chi connectivity index (χ0) is 20.1. The topological polar surface area (TPSA) is 83.6 Å². The summed E-state index contributed by atoms with van der Waals surface area (Å²) < 4.78 is 43.1. The number of hydrazine groups is 1. The molecule has 2 aromatic rings. The van der Waals surface area contributed by atoms with Gasteiger partial charge >= 0.3 is 5.51 Å². The molecule has 3 rings (SSSR count). The summed E-state index contributed by atoms with van der Waals surface area (Å²) in [5.41, 5.74) is -0.327. The monoisotopic (exact) mass is 432 g/mol. The van der Waals surface area contributed by atoms with Crippen LogP contribution in [0.15, 0.2) is 34.5 Å². The average molecular weight is 432 g/mol.